The van der Waals surface area contributed by atoms with Crippen LogP contribution in [0.5, 0.6) is 11.8 Å². The minimum atomic E-state index is -0.0996. The van der Waals surface area contributed by atoms with Crippen LogP contribution in [-0.4, -0.2) is 70.6 Å². The maximum Gasteiger partial charge on any atom is 0.318 e. The lowest BCUT2D eigenvalue weighted by atomic mass is 9.98. The molecule has 218 valence electrons. The average Bonchev–Trinajstić information content (AvgIpc) is 3.63. The van der Waals surface area contributed by atoms with E-state index in [1.165, 1.54) is 12.8 Å². The van der Waals surface area contributed by atoms with Gasteiger partial charge in [0, 0.05) is 30.1 Å². The zero-order valence-electron chi connectivity index (χ0n) is 24.9. The first kappa shape index (κ1) is 27.8. The number of amides is 1. The minimum Gasteiger partial charge on any atom is -0.508 e. The third-order valence-electron chi connectivity index (χ3n) is 9.16. The number of nitrogens with zero attached hydrogens (tertiary/aromatic N) is 5. The Balaban J connectivity index is 1.34. The van der Waals surface area contributed by atoms with Crippen molar-refractivity contribution in [2.24, 2.45) is 5.41 Å². The van der Waals surface area contributed by atoms with Gasteiger partial charge in [0.05, 0.1) is 31.0 Å². The maximum atomic E-state index is 14.1. The third kappa shape index (κ3) is 5.59. The summed E-state index contributed by atoms with van der Waals surface area (Å²) in [5.41, 5.74) is 3.62. The van der Waals surface area contributed by atoms with Gasteiger partial charge < -0.3 is 24.5 Å². The smallest absolute Gasteiger partial charge is 0.318 e. The number of aromatic nitrogens is 2. The summed E-state index contributed by atoms with van der Waals surface area (Å²) >= 11 is 0. The summed E-state index contributed by atoms with van der Waals surface area (Å²) in [5, 5.41) is 12.2. The van der Waals surface area contributed by atoms with Crippen LogP contribution in [-0.2, 0) is 13.1 Å². The summed E-state index contributed by atoms with van der Waals surface area (Å²) in [6.45, 7) is 7.67. The highest BCUT2D eigenvalue weighted by Crippen LogP contribution is 2.46. The number of ether oxygens (including phenoxy) is 1. The predicted octanol–water partition coefficient (Wildman–Crippen LogP) is 5.68. The molecule has 1 N–H and O–H groups in total. The van der Waals surface area contributed by atoms with Crippen molar-refractivity contribution < 1.29 is 14.6 Å². The van der Waals surface area contributed by atoms with E-state index in [9.17, 15) is 9.90 Å². The number of fused-ring (bicyclic) bond motifs is 2. The van der Waals surface area contributed by atoms with Crippen LogP contribution in [0.15, 0.2) is 30.3 Å². The lowest BCUT2D eigenvalue weighted by Gasteiger charge is -2.32. The van der Waals surface area contributed by atoms with E-state index in [0.717, 1.165) is 78.6 Å². The highest BCUT2D eigenvalue weighted by Gasteiger charge is 2.44. The number of hydrogen-bond acceptors (Lipinski definition) is 7. The van der Waals surface area contributed by atoms with E-state index in [2.05, 4.69) is 30.8 Å². The Morgan fingerprint density at radius 2 is 1.98 bits per heavy atom. The van der Waals surface area contributed by atoms with Gasteiger partial charge in [-0.2, -0.15) is 9.97 Å². The molecule has 1 atom stereocenters. The number of carbonyl (C=O) groups excluding carboxylic acids is 1. The molecule has 0 bridgehead atoms. The number of rotatable bonds is 8. The van der Waals surface area contributed by atoms with Crippen molar-refractivity contribution >= 4 is 22.5 Å². The molecule has 0 radical (unpaired) electrons. The van der Waals surface area contributed by atoms with Gasteiger partial charge in [0.15, 0.2) is 0 Å². The molecule has 3 aromatic rings. The Morgan fingerprint density at radius 3 is 2.73 bits per heavy atom. The molecule has 8 nitrogen and oxygen atoms in total. The summed E-state index contributed by atoms with van der Waals surface area (Å²) in [7, 11) is 4.22. The normalized spacial score (nSPS) is 19.9. The number of phenolic OH excluding ortho intramolecular Hbond substituents is 1. The molecule has 1 aromatic heterocycles. The standard InChI is InChI=1S/C33H43N5O3/c1-5-24-12-7-6-8-15-38(24)30-27-18-37(31(40)26-17-25(39)16-23-11-9-10-22(2)29(23)26)19-28(27)34-32(35-30)41-21-33(13-14-33)20-36(3)4/h9-11,16-17,24,39H,5-8,12-15,18-21H2,1-4H3. The molecule has 41 heavy (non-hydrogen) atoms. The van der Waals surface area contributed by atoms with Gasteiger partial charge in [-0.3, -0.25) is 4.79 Å². The van der Waals surface area contributed by atoms with Gasteiger partial charge in [-0.1, -0.05) is 38.0 Å². The van der Waals surface area contributed by atoms with Crippen LogP contribution in [0, 0.1) is 12.3 Å². The first-order valence-electron chi connectivity index (χ1n) is 15.2. The molecule has 1 aliphatic carbocycles. The molecule has 8 heteroatoms. The fourth-order valence-corrected chi connectivity index (χ4v) is 6.89. The van der Waals surface area contributed by atoms with E-state index in [1.807, 2.05) is 30.0 Å². The van der Waals surface area contributed by atoms with Crippen LogP contribution in [0.2, 0.25) is 0 Å². The highest BCUT2D eigenvalue weighted by molar-refractivity contribution is 6.09. The number of benzene rings is 2. The number of hydrogen-bond donors (Lipinski definition) is 1. The maximum absolute atomic E-state index is 14.1. The Bertz CT molecular complexity index is 1450. The first-order valence-corrected chi connectivity index (χ1v) is 15.2. The topological polar surface area (TPSA) is 82.0 Å². The predicted molar refractivity (Wildman–Crippen MR) is 162 cm³/mol. The summed E-state index contributed by atoms with van der Waals surface area (Å²) in [6.07, 6.45) is 8.11. The van der Waals surface area contributed by atoms with Gasteiger partial charge in [-0.25, -0.2) is 0 Å². The molecule has 3 aliphatic rings. The second-order valence-electron chi connectivity index (χ2n) is 12.7. The second kappa shape index (κ2) is 11.1. The number of aryl methyl sites for hydroxylation is 1. The zero-order chi connectivity index (χ0) is 28.7. The molecular weight excluding hydrogens is 514 g/mol. The van der Waals surface area contributed by atoms with E-state index >= 15 is 0 Å². The Kier molecular flexibility index (Phi) is 7.53. The van der Waals surface area contributed by atoms with Crippen LogP contribution < -0.4 is 9.64 Å². The van der Waals surface area contributed by atoms with Gasteiger partial charge >= 0.3 is 6.01 Å². The largest absolute Gasteiger partial charge is 0.508 e. The average molecular weight is 558 g/mol. The molecule has 3 heterocycles. The molecule has 2 aliphatic heterocycles. The molecule has 2 aromatic carbocycles. The van der Waals surface area contributed by atoms with Crippen molar-refractivity contribution in [2.45, 2.75) is 77.9 Å². The van der Waals surface area contributed by atoms with E-state index in [4.69, 9.17) is 14.7 Å². The van der Waals surface area contributed by atoms with Crippen molar-refractivity contribution in [2.75, 3.05) is 38.7 Å². The summed E-state index contributed by atoms with van der Waals surface area (Å²) in [6, 6.07) is 10.1. The highest BCUT2D eigenvalue weighted by atomic mass is 16.5. The number of carbonyl (C=O) groups is 1. The third-order valence-corrected chi connectivity index (χ3v) is 9.16. The summed E-state index contributed by atoms with van der Waals surface area (Å²) < 4.78 is 6.35. The summed E-state index contributed by atoms with van der Waals surface area (Å²) in [4.78, 5) is 30.6. The fourth-order valence-electron chi connectivity index (χ4n) is 6.89. The quantitative estimate of drug-likeness (QED) is 0.382. The minimum absolute atomic E-state index is 0.0985. The lowest BCUT2D eigenvalue weighted by molar-refractivity contribution is 0.0752. The molecule has 2 fully saturated rings. The van der Waals surface area contributed by atoms with E-state index in [0.29, 0.717) is 37.3 Å². The molecule has 6 rings (SSSR count). The van der Waals surface area contributed by atoms with Gasteiger partial charge in [0.25, 0.3) is 5.91 Å². The van der Waals surface area contributed by atoms with Crippen molar-refractivity contribution in [1.29, 1.82) is 0 Å². The van der Waals surface area contributed by atoms with Crippen LogP contribution in [0.1, 0.15) is 79.0 Å². The van der Waals surface area contributed by atoms with Gasteiger partial charge in [0.1, 0.15) is 11.6 Å². The first-order chi connectivity index (χ1) is 19.8. The van der Waals surface area contributed by atoms with E-state index in [1.54, 1.807) is 12.1 Å². The van der Waals surface area contributed by atoms with Crippen LogP contribution >= 0.6 is 0 Å². The Hall–Kier alpha value is -3.39. The van der Waals surface area contributed by atoms with Crippen LogP contribution in [0.25, 0.3) is 10.8 Å². The SMILES string of the molecule is CCC1CCCCCN1c1nc(OCC2(CN(C)C)CC2)nc2c1CN(C(=O)c1cc(O)cc3cccc(C)c13)C2. The Morgan fingerprint density at radius 1 is 1.15 bits per heavy atom. The van der Waals surface area contributed by atoms with Crippen LogP contribution in [0.3, 0.4) is 0 Å². The Labute approximate surface area is 243 Å². The van der Waals surface area contributed by atoms with Gasteiger partial charge in [-0.05, 0) is 81.6 Å². The monoisotopic (exact) mass is 557 g/mol. The number of aromatic hydroxyl groups is 1. The summed E-state index contributed by atoms with van der Waals surface area (Å²) in [5.74, 6) is 0.933. The van der Waals surface area contributed by atoms with Crippen LogP contribution in [0.4, 0.5) is 5.82 Å². The van der Waals surface area contributed by atoms with Crippen molar-refractivity contribution in [3.8, 4) is 11.8 Å². The molecule has 1 amide bonds. The molecule has 1 saturated carbocycles. The van der Waals surface area contributed by atoms with Crippen molar-refractivity contribution in [1.82, 2.24) is 19.8 Å². The fraction of sp³-hybridized carbons (Fsp3) is 0.545. The molecular formula is C33H43N5O3. The second-order valence-corrected chi connectivity index (χ2v) is 12.7. The van der Waals surface area contributed by atoms with E-state index < -0.39 is 0 Å². The molecule has 0 spiro atoms. The molecule has 1 unspecified atom stereocenters. The lowest BCUT2D eigenvalue weighted by Crippen LogP contribution is -2.36. The van der Waals surface area contributed by atoms with E-state index in [-0.39, 0.29) is 17.1 Å². The van der Waals surface area contributed by atoms with Crippen molar-refractivity contribution in [3.63, 3.8) is 0 Å². The molecule has 1 saturated heterocycles. The zero-order valence-corrected chi connectivity index (χ0v) is 24.9. The number of phenols is 1. The van der Waals surface area contributed by atoms with Gasteiger partial charge in [-0.15, -0.1) is 0 Å². The van der Waals surface area contributed by atoms with Gasteiger partial charge in [0.2, 0.25) is 0 Å². The van der Waals surface area contributed by atoms with Crippen molar-refractivity contribution in [3.05, 3.63) is 52.7 Å². The number of anilines is 1.